The predicted octanol–water partition coefficient (Wildman–Crippen LogP) is 2.57. The van der Waals surface area contributed by atoms with E-state index >= 15 is 0 Å². The maximum absolute atomic E-state index is 12.3. The van der Waals surface area contributed by atoms with Crippen LogP contribution in [0.1, 0.15) is 27.1 Å². The maximum atomic E-state index is 12.3. The summed E-state index contributed by atoms with van der Waals surface area (Å²) in [7, 11) is 0. The molecule has 1 aliphatic heterocycles. The molecule has 0 aliphatic carbocycles. The second-order valence-electron chi connectivity index (χ2n) is 6.08. The van der Waals surface area contributed by atoms with Crippen LogP contribution in [0.5, 0.6) is 5.75 Å². The predicted molar refractivity (Wildman–Crippen MR) is 97.3 cm³/mol. The zero-order valence-corrected chi connectivity index (χ0v) is 14.6. The van der Waals surface area contributed by atoms with E-state index in [2.05, 4.69) is 4.85 Å². The Morgan fingerprint density at radius 3 is 2.39 bits per heavy atom. The number of benzene rings is 2. The molecule has 9 heteroatoms. The number of carbonyl (C=O) groups excluding carboxylic acids is 2. The number of amides is 2. The first-order chi connectivity index (χ1) is 13.4. The van der Waals surface area contributed by atoms with Gasteiger partial charge in [-0.2, -0.15) is 0 Å². The van der Waals surface area contributed by atoms with Crippen molar-refractivity contribution in [3.63, 3.8) is 0 Å². The van der Waals surface area contributed by atoms with Gasteiger partial charge in [-0.15, -0.1) is 0 Å². The molecule has 0 radical (unpaired) electrons. The minimum Gasteiger partial charge on any atom is -0.502 e. The molecule has 142 valence electrons. The van der Waals surface area contributed by atoms with E-state index in [0.717, 1.165) is 11.0 Å². The number of aliphatic hydroxyl groups is 1. The SMILES string of the molecule is [C-]#[N+]c1ccc([N+](=O)[O-])cc1OCC(O)CCN1C(=O)c2ccccc2C1=O. The van der Waals surface area contributed by atoms with E-state index in [4.69, 9.17) is 11.3 Å². The summed E-state index contributed by atoms with van der Waals surface area (Å²) in [5, 5.41) is 21.0. The van der Waals surface area contributed by atoms with Crippen LogP contribution in [0.4, 0.5) is 11.4 Å². The molecule has 0 spiro atoms. The molecule has 28 heavy (non-hydrogen) atoms. The first-order valence-electron chi connectivity index (χ1n) is 8.34. The van der Waals surface area contributed by atoms with Crippen molar-refractivity contribution in [2.24, 2.45) is 0 Å². The highest BCUT2D eigenvalue weighted by Crippen LogP contribution is 2.32. The second-order valence-corrected chi connectivity index (χ2v) is 6.08. The molecule has 2 amide bonds. The average Bonchev–Trinajstić information content (AvgIpc) is 2.95. The van der Waals surface area contributed by atoms with Gasteiger partial charge < -0.3 is 9.84 Å². The number of hydrogen-bond acceptors (Lipinski definition) is 6. The van der Waals surface area contributed by atoms with Crippen LogP contribution in [-0.4, -0.2) is 46.0 Å². The summed E-state index contributed by atoms with van der Waals surface area (Å²) in [5.74, 6) is -0.839. The maximum Gasteiger partial charge on any atom is 0.270 e. The van der Waals surface area contributed by atoms with Gasteiger partial charge in [-0.1, -0.05) is 12.1 Å². The Morgan fingerprint density at radius 2 is 1.82 bits per heavy atom. The van der Waals surface area contributed by atoms with E-state index < -0.39 is 22.8 Å². The zero-order valence-electron chi connectivity index (χ0n) is 14.6. The van der Waals surface area contributed by atoms with Gasteiger partial charge in [0.05, 0.1) is 28.7 Å². The lowest BCUT2D eigenvalue weighted by Crippen LogP contribution is -2.33. The normalized spacial score (nSPS) is 13.8. The topological polar surface area (TPSA) is 114 Å². The molecule has 1 heterocycles. The summed E-state index contributed by atoms with van der Waals surface area (Å²) in [4.78, 5) is 39.1. The Kier molecular flexibility index (Phi) is 5.33. The number of rotatable bonds is 7. The molecule has 0 saturated carbocycles. The molecular formula is C19H15N3O6. The van der Waals surface area contributed by atoms with Crippen molar-refractivity contribution in [3.8, 4) is 5.75 Å². The molecule has 0 aromatic heterocycles. The molecule has 2 aromatic carbocycles. The van der Waals surface area contributed by atoms with Crippen LogP contribution in [0.15, 0.2) is 42.5 Å². The summed E-state index contributed by atoms with van der Waals surface area (Å²) in [6.07, 6.45) is -0.976. The summed E-state index contributed by atoms with van der Waals surface area (Å²) < 4.78 is 5.35. The molecule has 9 nitrogen and oxygen atoms in total. The Labute approximate surface area is 159 Å². The molecule has 0 bridgehead atoms. The number of carbonyl (C=O) groups is 2. The lowest BCUT2D eigenvalue weighted by atomic mass is 10.1. The number of hydrogen-bond donors (Lipinski definition) is 1. The van der Waals surface area contributed by atoms with Gasteiger partial charge in [0.25, 0.3) is 17.5 Å². The lowest BCUT2D eigenvalue weighted by molar-refractivity contribution is -0.384. The fourth-order valence-corrected chi connectivity index (χ4v) is 2.81. The lowest BCUT2D eigenvalue weighted by Gasteiger charge is -2.17. The van der Waals surface area contributed by atoms with E-state index in [1.54, 1.807) is 24.3 Å². The second kappa shape index (κ2) is 7.85. The van der Waals surface area contributed by atoms with Crippen LogP contribution in [0, 0.1) is 16.7 Å². The van der Waals surface area contributed by atoms with Gasteiger partial charge in [0, 0.05) is 18.7 Å². The van der Waals surface area contributed by atoms with Crippen molar-refractivity contribution in [1.29, 1.82) is 0 Å². The molecular weight excluding hydrogens is 366 g/mol. The van der Waals surface area contributed by atoms with Crippen LogP contribution in [0.3, 0.4) is 0 Å². The van der Waals surface area contributed by atoms with Gasteiger partial charge in [-0.05, 0) is 24.6 Å². The first-order valence-corrected chi connectivity index (χ1v) is 8.34. The summed E-state index contributed by atoms with van der Waals surface area (Å²) in [6.45, 7) is 6.84. The number of ether oxygens (including phenoxy) is 1. The highest BCUT2D eigenvalue weighted by molar-refractivity contribution is 6.21. The number of imide groups is 1. The fourth-order valence-electron chi connectivity index (χ4n) is 2.81. The molecule has 1 N–H and O–H groups in total. The van der Waals surface area contributed by atoms with Crippen molar-refractivity contribution >= 4 is 23.2 Å². The van der Waals surface area contributed by atoms with Crippen molar-refractivity contribution in [3.05, 3.63) is 75.1 Å². The minimum absolute atomic E-state index is 0.00148. The highest BCUT2D eigenvalue weighted by atomic mass is 16.6. The number of fused-ring (bicyclic) bond motifs is 1. The molecule has 1 aliphatic rings. The van der Waals surface area contributed by atoms with Crippen molar-refractivity contribution in [1.82, 2.24) is 4.90 Å². The molecule has 2 aromatic rings. The minimum atomic E-state index is -1.04. The van der Waals surface area contributed by atoms with Crippen LogP contribution in [0.25, 0.3) is 4.85 Å². The van der Waals surface area contributed by atoms with E-state index in [0.29, 0.717) is 11.1 Å². The first kappa shape index (κ1) is 19.0. The summed E-state index contributed by atoms with van der Waals surface area (Å²) in [5.41, 5.74) is 0.508. The van der Waals surface area contributed by atoms with Crippen molar-refractivity contribution in [2.45, 2.75) is 12.5 Å². The Balaban J connectivity index is 1.59. The quantitative estimate of drug-likeness (QED) is 0.341. The number of aliphatic hydroxyl groups excluding tert-OH is 1. The van der Waals surface area contributed by atoms with Crippen LogP contribution in [0.2, 0.25) is 0 Å². The molecule has 1 unspecified atom stereocenters. The molecule has 0 fully saturated rings. The third kappa shape index (κ3) is 3.67. The third-order valence-corrected chi connectivity index (χ3v) is 4.27. The Hall–Kier alpha value is -3.77. The van der Waals surface area contributed by atoms with E-state index in [-0.39, 0.29) is 36.7 Å². The van der Waals surface area contributed by atoms with Crippen LogP contribution >= 0.6 is 0 Å². The van der Waals surface area contributed by atoms with Crippen LogP contribution in [-0.2, 0) is 0 Å². The smallest absolute Gasteiger partial charge is 0.270 e. The van der Waals surface area contributed by atoms with E-state index in [9.17, 15) is 24.8 Å². The van der Waals surface area contributed by atoms with Crippen molar-refractivity contribution < 1.29 is 24.4 Å². The highest BCUT2D eigenvalue weighted by Gasteiger charge is 2.34. The fraction of sp³-hybridized carbons (Fsp3) is 0.211. The van der Waals surface area contributed by atoms with E-state index in [1.807, 2.05) is 0 Å². The summed E-state index contributed by atoms with van der Waals surface area (Å²) >= 11 is 0. The standard InChI is InChI=1S/C19H15N3O6/c1-20-16-7-6-12(22(26)27)10-17(16)28-11-13(23)8-9-21-18(24)14-4-2-3-5-15(14)19(21)25/h2-7,10,13,23H,8-9,11H2. The third-order valence-electron chi connectivity index (χ3n) is 4.27. The monoisotopic (exact) mass is 381 g/mol. The van der Waals surface area contributed by atoms with E-state index in [1.165, 1.54) is 12.1 Å². The van der Waals surface area contributed by atoms with Gasteiger partial charge in [-0.3, -0.25) is 24.6 Å². The number of nitro groups is 1. The number of nitro benzene ring substituents is 1. The van der Waals surface area contributed by atoms with Crippen LogP contribution < -0.4 is 4.74 Å². The largest absolute Gasteiger partial charge is 0.502 e. The molecule has 1 atom stereocenters. The average molecular weight is 381 g/mol. The molecule has 0 saturated heterocycles. The van der Waals surface area contributed by atoms with Gasteiger partial charge in [-0.25, -0.2) is 4.85 Å². The van der Waals surface area contributed by atoms with Gasteiger partial charge in [0.1, 0.15) is 12.4 Å². The van der Waals surface area contributed by atoms with Gasteiger partial charge >= 0.3 is 0 Å². The molecule has 3 rings (SSSR count). The van der Waals surface area contributed by atoms with Gasteiger partial charge in [0.15, 0.2) is 0 Å². The Bertz CT molecular complexity index is 962. The number of nitrogens with zero attached hydrogens (tertiary/aromatic N) is 3. The zero-order chi connectivity index (χ0) is 20.3. The van der Waals surface area contributed by atoms with Gasteiger partial charge in [0.2, 0.25) is 5.69 Å². The van der Waals surface area contributed by atoms with Crippen molar-refractivity contribution in [2.75, 3.05) is 13.2 Å². The number of non-ortho nitro benzene ring substituents is 1. The summed E-state index contributed by atoms with van der Waals surface area (Å²) in [6, 6.07) is 10.1. The Morgan fingerprint density at radius 1 is 1.18 bits per heavy atom.